The smallest absolute Gasteiger partial charge is 0.289 e. The van der Waals surface area contributed by atoms with Gasteiger partial charge in [0.15, 0.2) is 5.76 Å². The highest BCUT2D eigenvalue weighted by atomic mass is 35.5. The fourth-order valence-electron chi connectivity index (χ4n) is 4.85. The van der Waals surface area contributed by atoms with Crippen LogP contribution in [0.15, 0.2) is 51.5 Å². The minimum atomic E-state index is -0.119. The molecule has 2 aromatic heterocycles. The summed E-state index contributed by atoms with van der Waals surface area (Å²) in [6.07, 6.45) is 3.35. The average molecular weight is 497 g/mol. The second kappa shape index (κ2) is 10.3. The molecule has 1 aromatic carbocycles. The first-order valence-electron chi connectivity index (χ1n) is 12.0. The van der Waals surface area contributed by atoms with Gasteiger partial charge in [0.25, 0.3) is 5.91 Å². The number of carbonyl (C=O) groups excluding carboxylic acids is 2. The predicted octanol–water partition coefficient (Wildman–Crippen LogP) is 4.09. The number of rotatable bonds is 5. The summed E-state index contributed by atoms with van der Waals surface area (Å²) < 4.78 is 11.1. The molecule has 2 aliphatic rings. The van der Waals surface area contributed by atoms with Crippen LogP contribution in [-0.2, 0) is 11.3 Å². The van der Waals surface area contributed by atoms with E-state index in [4.69, 9.17) is 25.4 Å². The Balaban J connectivity index is 1.16. The van der Waals surface area contributed by atoms with Crippen LogP contribution in [-0.4, -0.2) is 70.8 Å². The molecule has 0 spiro atoms. The van der Waals surface area contributed by atoms with E-state index < -0.39 is 0 Å². The number of hydrogen-bond acceptors (Lipinski definition) is 6. The molecule has 35 heavy (non-hydrogen) atoms. The van der Waals surface area contributed by atoms with Crippen molar-refractivity contribution in [3.63, 3.8) is 0 Å². The molecular weight excluding hydrogens is 468 g/mol. The number of oxazole rings is 1. The van der Waals surface area contributed by atoms with Gasteiger partial charge in [0, 0.05) is 49.9 Å². The summed E-state index contributed by atoms with van der Waals surface area (Å²) in [5, 5.41) is 0.673. The highest BCUT2D eigenvalue weighted by Gasteiger charge is 2.33. The molecule has 9 heteroatoms. The third-order valence-electron chi connectivity index (χ3n) is 6.82. The van der Waals surface area contributed by atoms with Gasteiger partial charge in [0.1, 0.15) is 5.76 Å². The first-order valence-corrected chi connectivity index (χ1v) is 12.4. The highest BCUT2D eigenvalue weighted by molar-refractivity contribution is 6.30. The van der Waals surface area contributed by atoms with E-state index in [1.165, 1.54) is 6.26 Å². The van der Waals surface area contributed by atoms with Gasteiger partial charge in [0.05, 0.1) is 17.9 Å². The second-order valence-electron chi connectivity index (χ2n) is 9.20. The van der Waals surface area contributed by atoms with E-state index in [9.17, 15) is 9.59 Å². The van der Waals surface area contributed by atoms with Crippen molar-refractivity contribution in [2.75, 3.05) is 39.3 Å². The average Bonchev–Trinajstić information content (AvgIpc) is 3.54. The Labute approximate surface area is 209 Å². The number of aromatic nitrogens is 1. The molecule has 3 aromatic rings. The largest absolute Gasteiger partial charge is 0.459 e. The number of carbonyl (C=O) groups is 2. The number of furan rings is 1. The van der Waals surface area contributed by atoms with Gasteiger partial charge >= 0.3 is 0 Å². The number of piperazine rings is 1. The zero-order valence-electron chi connectivity index (χ0n) is 19.8. The normalized spacial score (nSPS) is 19.2. The van der Waals surface area contributed by atoms with Crippen molar-refractivity contribution in [2.45, 2.75) is 26.3 Å². The fraction of sp³-hybridized carbons (Fsp3) is 0.423. The molecule has 0 saturated carbocycles. The van der Waals surface area contributed by atoms with E-state index in [2.05, 4.69) is 4.90 Å². The van der Waals surface area contributed by atoms with E-state index in [0.29, 0.717) is 55.9 Å². The van der Waals surface area contributed by atoms with Crippen molar-refractivity contribution in [2.24, 2.45) is 5.92 Å². The molecule has 8 nitrogen and oxygen atoms in total. The van der Waals surface area contributed by atoms with Gasteiger partial charge in [-0.2, -0.15) is 0 Å². The van der Waals surface area contributed by atoms with Gasteiger partial charge in [-0.15, -0.1) is 0 Å². The van der Waals surface area contributed by atoms with Gasteiger partial charge in [-0.05, 0) is 62.7 Å². The maximum Gasteiger partial charge on any atom is 0.289 e. The molecule has 0 aliphatic carbocycles. The van der Waals surface area contributed by atoms with Gasteiger partial charge in [-0.3, -0.25) is 14.5 Å². The number of likely N-dealkylation sites (tertiary alicyclic amines) is 1. The predicted molar refractivity (Wildman–Crippen MR) is 131 cm³/mol. The summed E-state index contributed by atoms with van der Waals surface area (Å²) >= 11 is 5.99. The zero-order valence-corrected chi connectivity index (χ0v) is 20.5. The molecule has 4 heterocycles. The molecule has 1 atom stereocenters. The summed E-state index contributed by atoms with van der Waals surface area (Å²) in [5.74, 6) is 1.74. The lowest BCUT2D eigenvalue weighted by atomic mass is 9.96. The summed E-state index contributed by atoms with van der Waals surface area (Å²) in [7, 11) is 0. The Morgan fingerprint density at radius 1 is 1.06 bits per heavy atom. The minimum Gasteiger partial charge on any atom is -0.459 e. The van der Waals surface area contributed by atoms with Crippen LogP contribution >= 0.6 is 11.6 Å². The molecule has 5 rings (SSSR count). The summed E-state index contributed by atoms with van der Waals surface area (Å²) in [6, 6.07) is 10.8. The van der Waals surface area contributed by atoms with Crippen LogP contribution in [0.2, 0.25) is 5.02 Å². The van der Waals surface area contributed by atoms with Gasteiger partial charge in [0.2, 0.25) is 11.8 Å². The van der Waals surface area contributed by atoms with Gasteiger partial charge in [-0.25, -0.2) is 4.98 Å². The van der Waals surface area contributed by atoms with Crippen molar-refractivity contribution in [1.82, 2.24) is 19.7 Å². The SMILES string of the molecule is Cc1oc(-c2ccc(Cl)cc2)nc1CN1CCC[C@@H](C(=O)N2CCN(C(=O)c3ccco3)CC2)C1. The molecule has 2 amide bonds. The summed E-state index contributed by atoms with van der Waals surface area (Å²) in [5.41, 5.74) is 1.79. The van der Waals surface area contributed by atoms with Crippen molar-refractivity contribution < 1.29 is 18.4 Å². The Morgan fingerprint density at radius 2 is 1.80 bits per heavy atom. The van der Waals surface area contributed by atoms with Crippen LogP contribution in [0.4, 0.5) is 0 Å². The van der Waals surface area contributed by atoms with E-state index in [1.807, 2.05) is 36.1 Å². The van der Waals surface area contributed by atoms with Crippen molar-refractivity contribution in [3.8, 4) is 11.5 Å². The standard InChI is InChI=1S/C26H29ClN4O4/c1-18-22(28-24(35-18)19-6-8-21(27)9-7-19)17-29-10-2-4-20(16-29)25(32)30-11-13-31(14-12-30)26(33)23-5-3-15-34-23/h3,5-9,15,20H,2,4,10-14,16-17H2,1H3/t20-/m1/s1. The summed E-state index contributed by atoms with van der Waals surface area (Å²) in [6.45, 7) is 6.35. The van der Waals surface area contributed by atoms with E-state index in [-0.39, 0.29) is 17.7 Å². The summed E-state index contributed by atoms with van der Waals surface area (Å²) in [4.78, 5) is 36.4. The molecule has 0 unspecified atom stereocenters. The third kappa shape index (κ3) is 5.28. The Bertz CT molecular complexity index is 1170. The van der Waals surface area contributed by atoms with Crippen LogP contribution in [0.25, 0.3) is 11.5 Å². The maximum absolute atomic E-state index is 13.3. The molecule has 0 radical (unpaired) electrons. The third-order valence-corrected chi connectivity index (χ3v) is 7.07. The van der Waals surface area contributed by atoms with Gasteiger partial charge in [-0.1, -0.05) is 11.6 Å². The lowest BCUT2D eigenvalue weighted by Crippen LogP contribution is -2.53. The number of hydrogen-bond donors (Lipinski definition) is 0. The number of aryl methyl sites for hydroxylation is 1. The van der Waals surface area contributed by atoms with Crippen LogP contribution < -0.4 is 0 Å². The Kier molecular flexibility index (Phi) is 6.92. The van der Waals surface area contributed by atoms with E-state index in [1.54, 1.807) is 17.0 Å². The number of benzene rings is 1. The van der Waals surface area contributed by atoms with Crippen LogP contribution in [0.5, 0.6) is 0 Å². The van der Waals surface area contributed by atoms with Crippen molar-refractivity contribution in [3.05, 3.63) is 64.9 Å². The monoisotopic (exact) mass is 496 g/mol. The molecule has 184 valence electrons. The number of amides is 2. The quantitative estimate of drug-likeness (QED) is 0.529. The Morgan fingerprint density at radius 3 is 2.51 bits per heavy atom. The lowest BCUT2D eigenvalue weighted by molar-refractivity contribution is -0.139. The molecule has 0 N–H and O–H groups in total. The molecule has 2 aliphatic heterocycles. The van der Waals surface area contributed by atoms with Crippen molar-refractivity contribution >= 4 is 23.4 Å². The number of piperidine rings is 1. The molecule has 0 bridgehead atoms. The lowest BCUT2D eigenvalue weighted by Gasteiger charge is -2.38. The topological polar surface area (TPSA) is 83.0 Å². The van der Waals surface area contributed by atoms with Crippen molar-refractivity contribution in [1.29, 1.82) is 0 Å². The number of halogens is 1. The van der Waals surface area contributed by atoms with E-state index >= 15 is 0 Å². The number of nitrogens with zero attached hydrogens (tertiary/aromatic N) is 4. The molecule has 2 saturated heterocycles. The van der Waals surface area contributed by atoms with E-state index in [0.717, 1.165) is 36.4 Å². The maximum atomic E-state index is 13.3. The molecular formula is C26H29ClN4O4. The van der Waals surface area contributed by atoms with Crippen LogP contribution in [0, 0.1) is 12.8 Å². The van der Waals surface area contributed by atoms with Crippen LogP contribution in [0.1, 0.15) is 34.9 Å². The first kappa shape index (κ1) is 23.6. The molecule has 2 fully saturated rings. The van der Waals surface area contributed by atoms with Crippen LogP contribution in [0.3, 0.4) is 0 Å². The highest BCUT2D eigenvalue weighted by Crippen LogP contribution is 2.26. The fourth-order valence-corrected chi connectivity index (χ4v) is 4.97. The minimum absolute atomic E-state index is 0.0426. The van der Waals surface area contributed by atoms with Gasteiger partial charge < -0.3 is 18.6 Å². The zero-order chi connectivity index (χ0) is 24.4. The second-order valence-corrected chi connectivity index (χ2v) is 9.63. The first-order chi connectivity index (χ1) is 17.0. The Hall–Kier alpha value is -3.10.